The van der Waals surface area contributed by atoms with E-state index in [4.69, 9.17) is 0 Å². The molecule has 0 bridgehead atoms. The predicted molar refractivity (Wildman–Crippen MR) is 120 cm³/mol. The lowest BCUT2D eigenvalue weighted by molar-refractivity contribution is -0.445. The standard InChI is InChI=1S/C22H15ClF16N2OS/c1-9(2)7-10-3-5-11(6-4-10)12-8-43-14(40-12)41-13(42)15(24,25)16(26,27)17(28,29)18(30,31)19(32,33)20(34,35)21(36,37)22(23,38)39/h3-6,8-9H,7H2,1-2H3,(H,40,41,42). The van der Waals surface area contributed by atoms with Crippen molar-refractivity contribution in [1.82, 2.24) is 4.98 Å². The first-order valence-electron chi connectivity index (χ1n) is 11.1. The molecular weight excluding hydrogens is 680 g/mol. The van der Waals surface area contributed by atoms with Gasteiger partial charge in [-0.1, -0.05) is 38.1 Å². The number of nitrogens with zero attached hydrogens (tertiary/aromatic N) is 1. The van der Waals surface area contributed by atoms with E-state index in [-0.39, 0.29) is 28.5 Å². The van der Waals surface area contributed by atoms with Gasteiger partial charge in [-0.2, -0.15) is 70.2 Å². The van der Waals surface area contributed by atoms with Gasteiger partial charge in [-0.15, -0.1) is 11.3 Å². The highest BCUT2D eigenvalue weighted by molar-refractivity contribution is 7.14. The Morgan fingerprint density at radius 3 is 1.58 bits per heavy atom. The highest BCUT2D eigenvalue weighted by Gasteiger charge is 2.95. The van der Waals surface area contributed by atoms with Crippen molar-refractivity contribution in [1.29, 1.82) is 0 Å². The molecule has 0 saturated carbocycles. The van der Waals surface area contributed by atoms with Crippen LogP contribution in [0.1, 0.15) is 19.4 Å². The maximum Gasteiger partial charge on any atom is 0.393 e. The summed E-state index contributed by atoms with van der Waals surface area (Å²) < 4.78 is 218. The molecule has 21 heteroatoms. The molecule has 0 aliphatic rings. The fraction of sp³-hybridized carbons (Fsp3) is 0.545. The van der Waals surface area contributed by atoms with E-state index in [0.29, 0.717) is 6.42 Å². The van der Waals surface area contributed by atoms with Crippen LogP contribution in [0.15, 0.2) is 29.6 Å². The number of amides is 1. The highest BCUT2D eigenvalue weighted by Crippen LogP contribution is 2.64. The third-order valence-electron chi connectivity index (χ3n) is 5.63. The normalized spacial score (nSPS) is 14.8. The summed E-state index contributed by atoms with van der Waals surface area (Å²) in [4.78, 5) is 15.3. The zero-order valence-corrected chi connectivity index (χ0v) is 22.4. The molecule has 2 rings (SSSR count). The minimum atomic E-state index is -8.65. The fourth-order valence-corrected chi connectivity index (χ4v) is 4.06. The third-order valence-corrected chi connectivity index (χ3v) is 6.62. The number of carbonyl (C=O) groups is 1. The molecule has 1 aromatic heterocycles. The van der Waals surface area contributed by atoms with Crippen molar-refractivity contribution < 1.29 is 75.0 Å². The SMILES string of the molecule is CC(C)Cc1ccc(-c2csc(NC(=O)C(F)(F)C(F)(F)C(F)(F)C(F)(F)C(F)(F)C(F)(F)C(F)(F)C(F)(F)Cl)n2)cc1. The molecule has 1 amide bonds. The average molecular weight is 695 g/mol. The first kappa shape index (κ1) is 36.7. The van der Waals surface area contributed by atoms with Crippen LogP contribution in [-0.4, -0.2) is 57.7 Å². The molecule has 0 aliphatic carbocycles. The second-order valence-electron chi connectivity index (χ2n) is 9.31. The van der Waals surface area contributed by atoms with Gasteiger partial charge in [-0.05, 0) is 29.5 Å². The highest BCUT2D eigenvalue weighted by atomic mass is 35.5. The van der Waals surface area contributed by atoms with Crippen LogP contribution in [-0.2, 0) is 11.2 Å². The van der Waals surface area contributed by atoms with Crippen LogP contribution in [0.3, 0.4) is 0 Å². The summed E-state index contributed by atoms with van der Waals surface area (Å²) in [6.45, 7) is 3.81. The molecule has 0 spiro atoms. The van der Waals surface area contributed by atoms with Crippen LogP contribution in [0.2, 0.25) is 0 Å². The summed E-state index contributed by atoms with van der Waals surface area (Å²) in [7, 11) is 0. The lowest BCUT2D eigenvalue weighted by Gasteiger charge is -2.42. The number of alkyl halides is 17. The van der Waals surface area contributed by atoms with Gasteiger partial charge in [0.1, 0.15) is 0 Å². The second kappa shape index (κ2) is 11.1. The first-order valence-corrected chi connectivity index (χ1v) is 12.3. The minimum absolute atomic E-state index is 0.123. The van der Waals surface area contributed by atoms with Crippen LogP contribution in [0.25, 0.3) is 11.3 Å². The third kappa shape index (κ3) is 5.84. The molecule has 0 saturated heterocycles. The second-order valence-corrected chi connectivity index (χ2v) is 10.6. The lowest BCUT2D eigenvalue weighted by atomic mass is 9.89. The summed E-state index contributed by atoms with van der Waals surface area (Å²) in [6.07, 6.45) is 0.636. The number of aromatic nitrogens is 1. The molecule has 3 nitrogen and oxygen atoms in total. The molecule has 0 aliphatic heterocycles. The topological polar surface area (TPSA) is 42.0 Å². The number of benzene rings is 1. The van der Waals surface area contributed by atoms with Crippen molar-refractivity contribution >= 4 is 34.0 Å². The lowest BCUT2D eigenvalue weighted by Crippen LogP contribution is -2.75. The van der Waals surface area contributed by atoms with E-state index in [1.807, 2.05) is 13.8 Å². The van der Waals surface area contributed by atoms with E-state index >= 15 is 0 Å². The van der Waals surface area contributed by atoms with E-state index in [1.54, 1.807) is 12.1 Å². The summed E-state index contributed by atoms with van der Waals surface area (Å²) in [5.74, 6) is -60.5. The average Bonchev–Trinajstić information content (AvgIpc) is 3.31. The molecule has 43 heavy (non-hydrogen) atoms. The monoisotopic (exact) mass is 694 g/mol. The van der Waals surface area contributed by atoms with Gasteiger partial charge in [0, 0.05) is 10.9 Å². The number of nitrogens with one attached hydrogen (secondary N) is 1. The Labute approximate surface area is 239 Å². The maximum atomic E-state index is 14.2. The molecular formula is C22H15ClF16N2OS. The van der Waals surface area contributed by atoms with Crippen molar-refractivity contribution in [3.05, 3.63) is 35.2 Å². The molecule has 1 heterocycles. The Morgan fingerprint density at radius 2 is 1.16 bits per heavy atom. The van der Waals surface area contributed by atoms with Gasteiger partial charge in [0.25, 0.3) is 0 Å². The summed E-state index contributed by atoms with van der Waals surface area (Å²) in [5, 5.41) is -6.08. The van der Waals surface area contributed by atoms with Gasteiger partial charge in [0.05, 0.1) is 5.69 Å². The van der Waals surface area contributed by atoms with Crippen molar-refractivity contribution in [3.63, 3.8) is 0 Å². The van der Waals surface area contributed by atoms with Gasteiger partial charge in [-0.3, -0.25) is 10.1 Å². The number of hydrogen-bond donors (Lipinski definition) is 1. The number of anilines is 1. The molecule has 0 unspecified atom stereocenters. The Hall–Kier alpha value is -2.51. The molecule has 244 valence electrons. The van der Waals surface area contributed by atoms with Crippen molar-refractivity contribution in [2.24, 2.45) is 5.92 Å². The van der Waals surface area contributed by atoms with E-state index in [1.165, 1.54) is 12.1 Å². The number of rotatable bonds is 12. The van der Waals surface area contributed by atoms with Gasteiger partial charge in [0.15, 0.2) is 5.13 Å². The zero-order valence-electron chi connectivity index (χ0n) is 20.9. The van der Waals surface area contributed by atoms with Gasteiger partial charge < -0.3 is 0 Å². The molecule has 0 radical (unpaired) electrons. The first-order chi connectivity index (χ1) is 19.0. The number of halogens is 17. The fourth-order valence-electron chi connectivity index (χ4n) is 3.23. The minimum Gasteiger partial charge on any atom is -0.296 e. The maximum absolute atomic E-state index is 14.2. The van der Waals surface area contributed by atoms with E-state index in [9.17, 15) is 75.0 Å². The summed E-state index contributed by atoms with van der Waals surface area (Å²) in [5.41, 5.74) is 0.961. The molecule has 1 N–H and O–H groups in total. The van der Waals surface area contributed by atoms with E-state index in [0.717, 1.165) is 16.3 Å². The number of carbonyl (C=O) groups excluding carboxylic acids is 1. The van der Waals surface area contributed by atoms with Crippen LogP contribution >= 0.6 is 22.9 Å². The summed E-state index contributed by atoms with van der Waals surface area (Å²) >= 11 is 3.67. The molecule has 0 atom stereocenters. The molecule has 0 fully saturated rings. The summed E-state index contributed by atoms with van der Waals surface area (Å²) in [6, 6.07) is 6.10. The van der Waals surface area contributed by atoms with Crippen molar-refractivity contribution in [2.45, 2.75) is 67.1 Å². The van der Waals surface area contributed by atoms with Gasteiger partial charge in [0.2, 0.25) is 0 Å². The van der Waals surface area contributed by atoms with Crippen molar-refractivity contribution in [3.8, 4) is 11.3 Å². The number of thiazole rings is 1. The van der Waals surface area contributed by atoms with Crippen LogP contribution < -0.4 is 5.32 Å². The van der Waals surface area contributed by atoms with E-state index < -0.39 is 57.9 Å². The van der Waals surface area contributed by atoms with Gasteiger partial charge in [-0.25, -0.2) is 4.98 Å². The van der Waals surface area contributed by atoms with E-state index in [2.05, 4.69) is 16.6 Å². The smallest absolute Gasteiger partial charge is 0.296 e. The molecule has 1 aromatic carbocycles. The zero-order chi connectivity index (χ0) is 33.8. The Balaban J connectivity index is 2.40. The largest absolute Gasteiger partial charge is 0.393 e. The van der Waals surface area contributed by atoms with Crippen LogP contribution in [0.4, 0.5) is 75.4 Å². The Morgan fingerprint density at radius 1 is 0.744 bits per heavy atom. The Bertz CT molecular complexity index is 1310. The van der Waals surface area contributed by atoms with Crippen molar-refractivity contribution in [2.75, 3.05) is 5.32 Å². The van der Waals surface area contributed by atoms with Crippen LogP contribution in [0.5, 0.6) is 0 Å². The number of hydrogen-bond acceptors (Lipinski definition) is 3. The Kier molecular flexibility index (Phi) is 9.50. The molecule has 2 aromatic rings. The quantitative estimate of drug-likeness (QED) is 0.178. The van der Waals surface area contributed by atoms with Gasteiger partial charge >= 0.3 is 52.7 Å². The predicted octanol–water partition coefficient (Wildman–Crippen LogP) is 9.23. The van der Waals surface area contributed by atoms with Crippen LogP contribution in [0, 0.1) is 5.92 Å².